The molecule has 0 aromatic heterocycles. The van der Waals surface area contributed by atoms with Gasteiger partial charge in [0, 0.05) is 17.3 Å². The third-order valence-electron chi connectivity index (χ3n) is 5.05. The molecule has 1 N–H and O–H groups in total. The number of rotatable bonds is 5. The van der Waals surface area contributed by atoms with Crippen LogP contribution in [0.15, 0.2) is 24.3 Å². The molecule has 0 aliphatic heterocycles. The second-order valence-electron chi connectivity index (χ2n) is 6.42. The van der Waals surface area contributed by atoms with Crippen LogP contribution in [0.1, 0.15) is 56.1 Å². The largest absolute Gasteiger partial charge is 0.310 e. The molecule has 2 heteroatoms. The SMILES string of the molecule is CCSC1CCCC1NC1CC(c2ccccc2C)C1. The normalized spacial score (nSPS) is 33.1. The molecule has 2 aliphatic carbocycles. The van der Waals surface area contributed by atoms with E-state index in [1.54, 1.807) is 5.56 Å². The Labute approximate surface area is 127 Å². The van der Waals surface area contributed by atoms with Crippen LogP contribution in [0.5, 0.6) is 0 Å². The van der Waals surface area contributed by atoms with Crippen molar-refractivity contribution in [3.05, 3.63) is 35.4 Å². The Kier molecular flexibility index (Phi) is 4.72. The van der Waals surface area contributed by atoms with Crippen molar-refractivity contribution in [1.82, 2.24) is 5.32 Å². The van der Waals surface area contributed by atoms with E-state index in [0.717, 1.165) is 23.3 Å². The number of hydrogen-bond acceptors (Lipinski definition) is 2. The summed E-state index contributed by atoms with van der Waals surface area (Å²) in [5.41, 5.74) is 3.05. The monoisotopic (exact) mass is 289 g/mol. The van der Waals surface area contributed by atoms with Crippen molar-refractivity contribution in [2.45, 2.75) is 69.2 Å². The second-order valence-corrected chi connectivity index (χ2v) is 7.94. The van der Waals surface area contributed by atoms with Gasteiger partial charge in [0.2, 0.25) is 0 Å². The minimum Gasteiger partial charge on any atom is -0.310 e. The predicted molar refractivity (Wildman–Crippen MR) is 89.6 cm³/mol. The van der Waals surface area contributed by atoms with Crippen molar-refractivity contribution in [2.24, 2.45) is 0 Å². The van der Waals surface area contributed by atoms with Crippen molar-refractivity contribution in [2.75, 3.05) is 5.75 Å². The zero-order valence-corrected chi connectivity index (χ0v) is 13.6. The maximum Gasteiger partial charge on any atom is 0.0201 e. The van der Waals surface area contributed by atoms with Crippen LogP contribution in [-0.4, -0.2) is 23.1 Å². The number of benzene rings is 1. The fourth-order valence-electron chi connectivity index (χ4n) is 3.89. The van der Waals surface area contributed by atoms with Crippen LogP contribution in [0, 0.1) is 6.92 Å². The van der Waals surface area contributed by atoms with Gasteiger partial charge in [-0.3, -0.25) is 0 Å². The molecule has 2 fully saturated rings. The molecular weight excluding hydrogens is 262 g/mol. The fourth-order valence-corrected chi connectivity index (χ4v) is 5.09. The lowest BCUT2D eigenvalue weighted by Gasteiger charge is -2.39. The summed E-state index contributed by atoms with van der Waals surface area (Å²) in [5.74, 6) is 2.06. The van der Waals surface area contributed by atoms with Crippen molar-refractivity contribution in [3.8, 4) is 0 Å². The molecule has 0 radical (unpaired) electrons. The molecular formula is C18H27NS. The Morgan fingerprint density at radius 3 is 2.75 bits per heavy atom. The van der Waals surface area contributed by atoms with Gasteiger partial charge in [0.25, 0.3) is 0 Å². The number of thioether (sulfide) groups is 1. The summed E-state index contributed by atoms with van der Waals surface area (Å²) >= 11 is 2.16. The summed E-state index contributed by atoms with van der Waals surface area (Å²) in [5, 5.41) is 4.82. The van der Waals surface area contributed by atoms with Crippen LogP contribution in [0.3, 0.4) is 0 Å². The average Bonchev–Trinajstić information content (AvgIpc) is 2.82. The molecule has 2 unspecified atom stereocenters. The highest BCUT2D eigenvalue weighted by atomic mass is 32.2. The molecule has 2 atom stereocenters. The molecule has 0 spiro atoms. The van der Waals surface area contributed by atoms with E-state index in [-0.39, 0.29) is 0 Å². The molecule has 0 bridgehead atoms. The van der Waals surface area contributed by atoms with E-state index in [1.165, 1.54) is 43.4 Å². The molecule has 3 rings (SSSR count). The van der Waals surface area contributed by atoms with Gasteiger partial charge in [0.15, 0.2) is 0 Å². The third kappa shape index (κ3) is 3.07. The predicted octanol–water partition coefficient (Wildman–Crippen LogP) is 4.50. The molecule has 1 aromatic rings. The molecule has 0 amide bonds. The van der Waals surface area contributed by atoms with Gasteiger partial charge in [0.1, 0.15) is 0 Å². The first-order chi connectivity index (χ1) is 9.78. The summed E-state index contributed by atoms with van der Waals surface area (Å²) in [6.07, 6.45) is 6.91. The van der Waals surface area contributed by atoms with Crippen LogP contribution >= 0.6 is 11.8 Å². The van der Waals surface area contributed by atoms with E-state index in [2.05, 4.69) is 55.2 Å². The Morgan fingerprint density at radius 2 is 2.00 bits per heavy atom. The lowest BCUT2D eigenvalue weighted by Crippen LogP contribution is -2.47. The fraction of sp³-hybridized carbons (Fsp3) is 0.667. The minimum atomic E-state index is 0.766. The zero-order chi connectivity index (χ0) is 13.9. The lowest BCUT2D eigenvalue weighted by atomic mass is 9.74. The van der Waals surface area contributed by atoms with Crippen molar-refractivity contribution < 1.29 is 0 Å². The van der Waals surface area contributed by atoms with E-state index < -0.39 is 0 Å². The first-order valence-corrected chi connectivity index (χ1v) is 9.26. The van der Waals surface area contributed by atoms with Crippen molar-refractivity contribution in [3.63, 3.8) is 0 Å². The van der Waals surface area contributed by atoms with Crippen LogP contribution in [-0.2, 0) is 0 Å². The maximum atomic E-state index is 3.95. The Morgan fingerprint density at radius 1 is 1.20 bits per heavy atom. The van der Waals surface area contributed by atoms with Crippen molar-refractivity contribution >= 4 is 11.8 Å². The quantitative estimate of drug-likeness (QED) is 0.856. The number of nitrogens with one attached hydrogen (secondary N) is 1. The Balaban J connectivity index is 1.50. The van der Waals surface area contributed by atoms with Gasteiger partial charge in [-0.05, 0) is 55.4 Å². The van der Waals surface area contributed by atoms with Crippen LogP contribution < -0.4 is 5.32 Å². The molecule has 0 saturated heterocycles. The van der Waals surface area contributed by atoms with Gasteiger partial charge < -0.3 is 5.32 Å². The Hall–Kier alpha value is -0.470. The topological polar surface area (TPSA) is 12.0 Å². The highest BCUT2D eigenvalue weighted by Crippen LogP contribution is 2.40. The van der Waals surface area contributed by atoms with Gasteiger partial charge in [-0.2, -0.15) is 11.8 Å². The summed E-state index contributed by atoms with van der Waals surface area (Å²) in [4.78, 5) is 0. The molecule has 2 aliphatic rings. The second kappa shape index (κ2) is 6.53. The number of hydrogen-bond donors (Lipinski definition) is 1. The van der Waals surface area contributed by atoms with Crippen LogP contribution in [0.4, 0.5) is 0 Å². The number of aryl methyl sites for hydroxylation is 1. The van der Waals surface area contributed by atoms with Crippen molar-refractivity contribution in [1.29, 1.82) is 0 Å². The molecule has 2 saturated carbocycles. The average molecular weight is 289 g/mol. The van der Waals surface area contributed by atoms with Gasteiger partial charge in [-0.15, -0.1) is 0 Å². The first kappa shape index (κ1) is 14.5. The summed E-state index contributed by atoms with van der Waals surface area (Å²) < 4.78 is 0. The third-order valence-corrected chi connectivity index (χ3v) is 6.38. The van der Waals surface area contributed by atoms with E-state index >= 15 is 0 Å². The van der Waals surface area contributed by atoms with E-state index in [0.29, 0.717) is 0 Å². The smallest absolute Gasteiger partial charge is 0.0201 e. The highest BCUT2D eigenvalue weighted by Gasteiger charge is 2.35. The molecule has 1 aromatic carbocycles. The van der Waals surface area contributed by atoms with E-state index in [1.807, 2.05) is 0 Å². The Bertz CT molecular complexity index is 439. The first-order valence-electron chi connectivity index (χ1n) is 8.21. The van der Waals surface area contributed by atoms with Gasteiger partial charge >= 0.3 is 0 Å². The zero-order valence-electron chi connectivity index (χ0n) is 12.8. The van der Waals surface area contributed by atoms with Gasteiger partial charge in [0.05, 0.1) is 0 Å². The van der Waals surface area contributed by atoms with E-state index in [9.17, 15) is 0 Å². The molecule has 0 heterocycles. The summed E-state index contributed by atoms with van der Waals surface area (Å²) in [6, 6.07) is 10.5. The van der Waals surface area contributed by atoms with Gasteiger partial charge in [-0.1, -0.05) is 37.6 Å². The standard InChI is InChI=1S/C18H27NS/c1-3-20-18-10-6-9-17(18)19-15-11-14(12-15)16-8-5-4-7-13(16)2/h4-5,7-8,14-15,17-19H,3,6,9-12H2,1-2H3. The molecule has 1 nitrogen and oxygen atoms in total. The van der Waals surface area contributed by atoms with Gasteiger partial charge in [-0.25, -0.2) is 0 Å². The van der Waals surface area contributed by atoms with Crippen LogP contribution in [0.25, 0.3) is 0 Å². The summed E-state index contributed by atoms with van der Waals surface area (Å²) in [6.45, 7) is 4.54. The maximum absolute atomic E-state index is 3.95. The van der Waals surface area contributed by atoms with Crippen LogP contribution in [0.2, 0.25) is 0 Å². The highest BCUT2D eigenvalue weighted by molar-refractivity contribution is 7.99. The molecule has 20 heavy (non-hydrogen) atoms. The minimum absolute atomic E-state index is 0.766. The van der Waals surface area contributed by atoms with E-state index in [4.69, 9.17) is 0 Å². The molecule has 110 valence electrons. The summed E-state index contributed by atoms with van der Waals surface area (Å²) in [7, 11) is 0. The lowest BCUT2D eigenvalue weighted by molar-refractivity contribution is 0.266.